The normalized spacial score (nSPS) is 16.7. The quantitative estimate of drug-likeness (QED) is 0.807. The summed E-state index contributed by atoms with van der Waals surface area (Å²) in [6.07, 6.45) is 1.15. The molecule has 0 unspecified atom stereocenters. The molecule has 1 saturated heterocycles. The third kappa shape index (κ3) is 2.97. The molecule has 0 aliphatic carbocycles. The van der Waals surface area contributed by atoms with Crippen LogP contribution in [0.4, 0.5) is 0 Å². The van der Waals surface area contributed by atoms with Crippen molar-refractivity contribution in [3.8, 4) is 0 Å². The topological polar surface area (TPSA) is 103 Å². The Morgan fingerprint density at radius 1 is 1.13 bits per heavy atom. The van der Waals surface area contributed by atoms with Crippen molar-refractivity contribution in [1.82, 2.24) is 19.4 Å². The van der Waals surface area contributed by atoms with E-state index in [-0.39, 0.29) is 30.2 Å². The van der Waals surface area contributed by atoms with Gasteiger partial charge in [0.2, 0.25) is 10.0 Å². The molecule has 1 aliphatic rings. The zero-order chi connectivity index (χ0) is 16.6. The molecule has 0 saturated carbocycles. The molecule has 122 valence electrons. The van der Waals surface area contributed by atoms with E-state index < -0.39 is 10.0 Å². The van der Waals surface area contributed by atoms with Gasteiger partial charge in [0.15, 0.2) is 5.69 Å². The number of amides is 1. The van der Waals surface area contributed by atoms with Gasteiger partial charge in [-0.05, 0) is 6.07 Å². The molecule has 3 rings (SSSR count). The molecule has 1 aromatic heterocycles. The van der Waals surface area contributed by atoms with Gasteiger partial charge in [-0.25, -0.2) is 13.5 Å². The van der Waals surface area contributed by atoms with Crippen LogP contribution in [0.2, 0.25) is 0 Å². The lowest BCUT2D eigenvalue weighted by molar-refractivity contribution is 0.0693. The molecule has 1 fully saturated rings. The second-order valence-corrected chi connectivity index (χ2v) is 7.38. The summed E-state index contributed by atoms with van der Waals surface area (Å²) in [5, 5.41) is 7.12. The van der Waals surface area contributed by atoms with Crippen LogP contribution in [0.1, 0.15) is 10.5 Å². The van der Waals surface area contributed by atoms with E-state index in [1.165, 1.54) is 4.31 Å². The number of sulfonamides is 1. The third-order valence-electron chi connectivity index (χ3n) is 3.89. The largest absolute Gasteiger partial charge is 0.335 e. The maximum Gasteiger partial charge on any atom is 0.275 e. The predicted octanol–water partition coefficient (Wildman–Crippen LogP) is -0.359. The fraction of sp³-hybridized carbons (Fsp3) is 0.357. The number of hydrogen-bond acceptors (Lipinski definition) is 5. The van der Waals surface area contributed by atoms with Gasteiger partial charge in [-0.15, -0.1) is 0 Å². The highest BCUT2D eigenvalue weighted by molar-refractivity contribution is 7.88. The Balaban J connectivity index is 1.88. The summed E-state index contributed by atoms with van der Waals surface area (Å²) in [5.41, 5.74) is -0.174. The van der Waals surface area contributed by atoms with E-state index in [0.29, 0.717) is 23.9 Å². The third-order valence-corrected chi connectivity index (χ3v) is 5.20. The number of nitrogens with one attached hydrogen (secondary N) is 1. The van der Waals surface area contributed by atoms with Crippen LogP contribution in [0, 0.1) is 0 Å². The minimum atomic E-state index is -3.25. The van der Waals surface area contributed by atoms with Crippen LogP contribution in [-0.2, 0) is 10.0 Å². The van der Waals surface area contributed by atoms with Crippen molar-refractivity contribution >= 4 is 26.7 Å². The summed E-state index contributed by atoms with van der Waals surface area (Å²) in [7, 11) is -3.25. The van der Waals surface area contributed by atoms with Crippen molar-refractivity contribution in [2.24, 2.45) is 0 Å². The molecule has 0 radical (unpaired) electrons. The van der Waals surface area contributed by atoms with Gasteiger partial charge in [-0.1, -0.05) is 18.2 Å². The number of nitrogens with zero attached hydrogens (tertiary/aromatic N) is 3. The van der Waals surface area contributed by atoms with Crippen LogP contribution < -0.4 is 5.56 Å². The maximum absolute atomic E-state index is 12.7. The zero-order valence-corrected chi connectivity index (χ0v) is 13.3. The Bertz CT molecular complexity index is 914. The number of aromatic amines is 1. The van der Waals surface area contributed by atoms with Gasteiger partial charge >= 0.3 is 0 Å². The van der Waals surface area contributed by atoms with Crippen molar-refractivity contribution in [3.05, 3.63) is 40.3 Å². The van der Waals surface area contributed by atoms with E-state index in [0.717, 1.165) is 6.26 Å². The Morgan fingerprint density at radius 2 is 1.74 bits per heavy atom. The summed E-state index contributed by atoms with van der Waals surface area (Å²) in [6.45, 7) is 1.10. The van der Waals surface area contributed by atoms with E-state index >= 15 is 0 Å². The lowest BCUT2D eigenvalue weighted by atomic mass is 10.1. The first kappa shape index (κ1) is 15.6. The molecular weight excluding hydrogens is 320 g/mol. The predicted molar refractivity (Wildman–Crippen MR) is 84.7 cm³/mol. The Labute approximate surface area is 132 Å². The summed E-state index contributed by atoms with van der Waals surface area (Å²) in [5.74, 6) is -0.314. The average Bonchev–Trinajstić information content (AvgIpc) is 2.54. The van der Waals surface area contributed by atoms with Crippen LogP contribution in [0.5, 0.6) is 0 Å². The SMILES string of the molecule is CS(=O)(=O)N1CCN(C(=O)c2n[nH]c(=O)c3ccccc23)CC1. The van der Waals surface area contributed by atoms with E-state index in [4.69, 9.17) is 0 Å². The van der Waals surface area contributed by atoms with Crippen LogP contribution in [0.3, 0.4) is 0 Å². The van der Waals surface area contributed by atoms with Crippen molar-refractivity contribution in [1.29, 1.82) is 0 Å². The lowest BCUT2D eigenvalue weighted by Gasteiger charge is -2.33. The lowest BCUT2D eigenvalue weighted by Crippen LogP contribution is -2.50. The Hall–Kier alpha value is -2.26. The highest BCUT2D eigenvalue weighted by Crippen LogP contribution is 2.16. The first-order valence-corrected chi connectivity index (χ1v) is 8.94. The van der Waals surface area contributed by atoms with E-state index in [2.05, 4.69) is 10.2 Å². The molecular formula is C14H16N4O4S. The van der Waals surface area contributed by atoms with Gasteiger partial charge in [0.1, 0.15) is 0 Å². The summed E-state index contributed by atoms with van der Waals surface area (Å²) in [6, 6.07) is 6.77. The molecule has 0 bridgehead atoms. The minimum absolute atomic E-state index is 0.174. The van der Waals surface area contributed by atoms with Crippen LogP contribution in [-0.4, -0.2) is 66.2 Å². The zero-order valence-electron chi connectivity index (χ0n) is 12.5. The van der Waals surface area contributed by atoms with E-state index in [9.17, 15) is 18.0 Å². The molecule has 0 atom stereocenters. The van der Waals surface area contributed by atoms with Crippen molar-refractivity contribution < 1.29 is 13.2 Å². The highest BCUT2D eigenvalue weighted by atomic mass is 32.2. The maximum atomic E-state index is 12.7. The molecule has 1 aromatic carbocycles. The van der Waals surface area contributed by atoms with Crippen LogP contribution >= 0.6 is 0 Å². The standard InChI is InChI=1S/C14H16N4O4S/c1-23(21,22)18-8-6-17(7-9-18)14(20)12-10-4-2-3-5-11(10)13(19)16-15-12/h2-5H,6-9H2,1H3,(H,16,19). The molecule has 0 spiro atoms. The smallest absolute Gasteiger partial charge is 0.275 e. The minimum Gasteiger partial charge on any atom is -0.335 e. The number of fused-ring (bicyclic) bond motifs is 1. The van der Waals surface area contributed by atoms with Gasteiger partial charge in [0.25, 0.3) is 11.5 Å². The fourth-order valence-corrected chi connectivity index (χ4v) is 3.48. The molecule has 1 N–H and O–H groups in total. The highest BCUT2D eigenvalue weighted by Gasteiger charge is 2.28. The second-order valence-electron chi connectivity index (χ2n) is 5.40. The Kier molecular flexibility index (Phi) is 3.90. The molecule has 1 aliphatic heterocycles. The van der Waals surface area contributed by atoms with Gasteiger partial charge in [0.05, 0.1) is 11.6 Å². The molecule has 8 nitrogen and oxygen atoms in total. The molecule has 2 aromatic rings. The Morgan fingerprint density at radius 3 is 2.35 bits per heavy atom. The number of carbonyl (C=O) groups excluding carboxylic acids is 1. The fourth-order valence-electron chi connectivity index (χ4n) is 2.65. The number of hydrogen-bond donors (Lipinski definition) is 1. The number of piperazine rings is 1. The number of rotatable bonds is 2. The number of aromatic nitrogens is 2. The molecule has 2 heterocycles. The number of H-pyrrole nitrogens is 1. The van der Waals surface area contributed by atoms with E-state index in [1.54, 1.807) is 29.2 Å². The first-order valence-electron chi connectivity index (χ1n) is 7.10. The summed E-state index contributed by atoms with van der Waals surface area (Å²) >= 11 is 0. The number of carbonyl (C=O) groups is 1. The van der Waals surface area contributed by atoms with Gasteiger partial charge in [0, 0.05) is 31.6 Å². The average molecular weight is 336 g/mol. The van der Waals surface area contributed by atoms with E-state index in [1.807, 2.05) is 0 Å². The molecule has 9 heteroatoms. The van der Waals surface area contributed by atoms with Crippen molar-refractivity contribution in [3.63, 3.8) is 0 Å². The molecule has 1 amide bonds. The monoisotopic (exact) mass is 336 g/mol. The molecule has 23 heavy (non-hydrogen) atoms. The number of benzene rings is 1. The summed E-state index contributed by atoms with van der Waals surface area (Å²) in [4.78, 5) is 26.0. The van der Waals surface area contributed by atoms with Gasteiger partial charge in [-0.3, -0.25) is 9.59 Å². The second kappa shape index (κ2) is 5.74. The van der Waals surface area contributed by atoms with Gasteiger partial charge in [-0.2, -0.15) is 9.40 Å². The summed E-state index contributed by atoms with van der Waals surface area (Å²) < 4.78 is 24.4. The van der Waals surface area contributed by atoms with Crippen molar-refractivity contribution in [2.45, 2.75) is 0 Å². The van der Waals surface area contributed by atoms with Crippen LogP contribution in [0.15, 0.2) is 29.1 Å². The van der Waals surface area contributed by atoms with Crippen LogP contribution in [0.25, 0.3) is 10.8 Å². The first-order chi connectivity index (χ1) is 10.9. The van der Waals surface area contributed by atoms with Gasteiger partial charge < -0.3 is 4.90 Å². The van der Waals surface area contributed by atoms with Crippen molar-refractivity contribution in [2.75, 3.05) is 32.4 Å².